The number of ether oxygens (including phenoxy) is 2. The summed E-state index contributed by atoms with van der Waals surface area (Å²) in [5.41, 5.74) is 0. The van der Waals surface area contributed by atoms with E-state index >= 15 is 0 Å². The van der Waals surface area contributed by atoms with Gasteiger partial charge in [0.15, 0.2) is 5.75 Å². The van der Waals surface area contributed by atoms with Crippen molar-refractivity contribution in [1.29, 1.82) is 10.5 Å². The van der Waals surface area contributed by atoms with Crippen LogP contribution in [0.1, 0.15) is 0 Å². The van der Waals surface area contributed by atoms with Gasteiger partial charge in [-0.1, -0.05) is 24.3 Å². The number of sulfone groups is 1. The molecule has 0 radical (unpaired) electrons. The molecule has 0 aliphatic rings. The average molecular weight is 300 g/mol. The average Bonchev–Trinajstić information content (AvgIpc) is 2.50. The van der Waals surface area contributed by atoms with Crippen LogP contribution < -0.4 is 9.47 Å². The lowest BCUT2D eigenvalue weighted by atomic mass is 10.3. The normalized spacial score (nSPS) is 10.2. The highest BCUT2D eigenvalue weighted by atomic mass is 32.2. The van der Waals surface area contributed by atoms with Crippen molar-refractivity contribution in [3.05, 3.63) is 48.5 Å². The fraction of sp³-hybridized carbons (Fsp3) is 0. The first-order valence-electron chi connectivity index (χ1n) is 5.66. The number of nitriles is 2. The molecule has 0 atom stereocenters. The molecule has 0 amide bonds. The van der Waals surface area contributed by atoms with Crippen LogP contribution in [-0.2, 0) is 9.84 Å². The predicted molar refractivity (Wildman–Crippen MR) is 70.8 cm³/mol. The molecule has 6 nitrogen and oxygen atoms in total. The van der Waals surface area contributed by atoms with Crippen LogP contribution in [0.25, 0.3) is 0 Å². The fourth-order valence-electron chi connectivity index (χ4n) is 1.71. The van der Waals surface area contributed by atoms with Gasteiger partial charge in [-0.2, -0.15) is 0 Å². The fourth-order valence-corrected chi connectivity index (χ4v) is 3.12. The first kappa shape index (κ1) is 14.4. The maximum atomic E-state index is 12.6. The standard InChI is InChI=1S/C14H8N2O4S/c15-9-19-12-7-4-8-13(14(12)20-10-16)21(17,18)11-5-2-1-3-6-11/h1-8H. The van der Waals surface area contributed by atoms with Gasteiger partial charge in [0, 0.05) is 0 Å². The minimum absolute atomic E-state index is 0.0434. The molecule has 0 bridgehead atoms. The van der Waals surface area contributed by atoms with Gasteiger partial charge in [-0.25, -0.2) is 8.42 Å². The molecular weight excluding hydrogens is 292 g/mol. The highest BCUT2D eigenvalue weighted by molar-refractivity contribution is 7.91. The molecule has 0 aromatic heterocycles. The SMILES string of the molecule is N#COc1cccc(S(=O)(=O)c2ccccc2)c1OC#N. The van der Waals surface area contributed by atoms with E-state index in [4.69, 9.17) is 10.5 Å². The summed E-state index contributed by atoms with van der Waals surface area (Å²) in [6.07, 6.45) is 2.81. The third kappa shape index (κ3) is 2.78. The van der Waals surface area contributed by atoms with Gasteiger partial charge in [0.1, 0.15) is 4.90 Å². The molecule has 0 spiro atoms. The Morgan fingerprint density at radius 3 is 2.14 bits per heavy atom. The number of hydrogen-bond acceptors (Lipinski definition) is 6. The van der Waals surface area contributed by atoms with Crippen LogP contribution in [0.3, 0.4) is 0 Å². The van der Waals surface area contributed by atoms with Crippen molar-refractivity contribution in [2.45, 2.75) is 9.79 Å². The molecule has 0 fully saturated rings. The summed E-state index contributed by atoms with van der Waals surface area (Å²) in [6, 6.07) is 11.7. The quantitative estimate of drug-likeness (QED) is 0.803. The second-order valence-electron chi connectivity index (χ2n) is 3.79. The monoisotopic (exact) mass is 300 g/mol. The third-order valence-electron chi connectivity index (χ3n) is 2.59. The zero-order chi connectivity index (χ0) is 15.3. The Hall–Kier alpha value is -3.03. The molecule has 21 heavy (non-hydrogen) atoms. The molecule has 0 aliphatic carbocycles. The van der Waals surface area contributed by atoms with E-state index in [1.165, 1.54) is 42.8 Å². The highest BCUT2D eigenvalue weighted by Gasteiger charge is 2.25. The number of hydrogen-bond donors (Lipinski definition) is 0. The van der Waals surface area contributed by atoms with E-state index in [0.717, 1.165) is 0 Å². The molecule has 0 saturated heterocycles. The van der Waals surface area contributed by atoms with E-state index < -0.39 is 9.84 Å². The van der Waals surface area contributed by atoms with Gasteiger partial charge in [-0.05, 0) is 24.3 Å². The third-order valence-corrected chi connectivity index (χ3v) is 4.38. The molecule has 2 rings (SSSR count). The van der Waals surface area contributed by atoms with Crippen molar-refractivity contribution >= 4 is 9.84 Å². The van der Waals surface area contributed by atoms with Gasteiger partial charge in [0.2, 0.25) is 15.6 Å². The molecule has 0 heterocycles. The Labute approximate surface area is 121 Å². The summed E-state index contributed by atoms with van der Waals surface area (Å²) in [4.78, 5) is -0.204. The first-order chi connectivity index (χ1) is 10.1. The van der Waals surface area contributed by atoms with E-state index in [9.17, 15) is 8.42 Å². The molecule has 0 N–H and O–H groups in total. The lowest BCUT2D eigenvalue weighted by Crippen LogP contribution is -2.05. The summed E-state index contributed by atoms with van der Waals surface area (Å²) in [6.45, 7) is 0. The van der Waals surface area contributed by atoms with E-state index in [1.807, 2.05) is 0 Å². The van der Waals surface area contributed by atoms with Gasteiger partial charge in [-0.15, -0.1) is 10.5 Å². The van der Waals surface area contributed by atoms with Gasteiger partial charge in [0.25, 0.3) is 12.5 Å². The van der Waals surface area contributed by atoms with Crippen LogP contribution in [-0.4, -0.2) is 8.42 Å². The topological polar surface area (TPSA) is 100 Å². The van der Waals surface area contributed by atoms with Crippen molar-refractivity contribution in [1.82, 2.24) is 0 Å². The molecule has 0 unspecified atom stereocenters. The minimum Gasteiger partial charge on any atom is -0.384 e. The van der Waals surface area contributed by atoms with Gasteiger partial charge < -0.3 is 9.47 Å². The molecule has 0 saturated carbocycles. The van der Waals surface area contributed by atoms with Crippen molar-refractivity contribution in [2.75, 3.05) is 0 Å². The van der Waals surface area contributed by atoms with E-state index in [0.29, 0.717) is 0 Å². The Morgan fingerprint density at radius 1 is 0.857 bits per heavy atom. The van der Waals surface area contributed by atoms with Crippen molar-refractivity contribution in [3.8, 4) is 24.0 Å². The summed E-state index contributed by atoms with van der Waals surface area (Å²) < 4.78 is 34.4. The Kier molecular flexibility index (Phi) is 4.07. The largest absolute Gasteiger partial charge is 0.384 e. The van der Waals surface area contributed by atoms with Crippen molar-refractivity contribution in [3.63, 3.8) is 0 Å². The molecule has 104 valence electrons. The smallest absolute Gasteiger partial charge is 0.292 e. The summed E-state index contributed by atoms with van der Waals surface area (Å²) >= 11 is 0. The van der Waals surface area contributed by atoms with Crippen LogP contribution in [0.5, 0.6) is 11.5 Å². The summed E-state index contributed by atoms with van der Waals surface area (Å²) in [5.74, 6) is -0.457. The van der Waals surface area contributed by atoms with Crippen LogP contribution in [0.15, 0.2) is 58.3 Å². The van der Waals surface area contributed by atoms with Gasteiger partial charge in [-0.3, -0.25) is 0 Å². The minimum atomic E-state index is -3.90. The Bertz CT molecular complexity index is 834. The van der Waals surface area contributed by atoms with Gasteiger partial charge >= 0.3 is 0 Å². The van der Waals surface area contributed by atoms with E-state index in [-0.39, 0.29) is 21.3 Å². The number of para-hydroxylation sites is 1. The molecule has 2 aromatic carbocycles. The second kappa shape index (κ2) is 5.95. The highest BCUT2D eigenvalue weighted by Crippen LogP contribution is 2.37. The lowest BCUT2D eigenvalue weighted by Gasteiger charge is -2.10. The van der Waals surface area contributed by atoms with Crippen LogP contribution in [0.2, 0.25) is 0 Å². The number of rotatable bonds is 4. The molecule has 2 aromatic rings. The summed E-state index contributed by atoms with van der Waals surface area (Å²) in [5, 5.41) is 17.2. The zero-order valence-corrected chi connectivity index (χ0v) is 11.4. The zero-order valence-electron chi connectivity index (χ0n) is 10.6. The van der Waals surface area contributed by atoms with Crippen molar-refractivity contribution in [2.24, 2.45) is 0 Å². The maximum Gasteiger partial charge on any atom is 0.292 e. The molecular formula is C14H8N2O4S. The van der Waals surface area contributed by atoms with Crippen molar-refractivity contribution < 1.29 is 17.9 Å². The maximum absolute atomic E-state index is 12.6. The molecule has 7 heteroatoms. The van der Waals surface area contributed by atoms with Crippen LogP contribution >= 0.6 is 0 Å². The van der Waals surface area contributed by atoms with Gasteiger partial charge in [0.05, 0.1) is 4.90 Å². The van der Waals surface area contributed by atoms with E-state index in [1.54, 1.807) is 18.2 Å². The van der Waals surface area contributed by atoms with E-state index in [2.05, 4.69) is 9.47 Å². The lowest BCUT2D eigenvalue weighted by molar-refractivity contribution is 0.430. The number of nitrogens with zero attached hydrogens (tertiary/aromatic N) is 2. The van der Waals surface area contributed by atoms with Crippen LogP contribution in [0, 0.1) is 23.0 Å². The summed E-state index contributed by atoms with van der Waals surface area (Å²) in [7, 11) is -3.90. The Balaban J connectivity index is 2.67. The molecule has 0 aliphatic heterocycles. The second-order valence-corrected chi connectivity index (χ2v) is 5.70. The predicted octanol–water partition coefficient (Wildman–Crippen LogP) is 2.24. The number of benzene rings is 2. The Morgan fingerprint density at radius 2 is 1.52 bits per heavy atom. The first-order valence-corrected chi connectivity index (χ1v) is 7.14. The van der Waals surface area contributed by atoms with Crippen LogP contribution in [0.4, 0.5) is 0 Å².